The zero-order chi connectivity index (χ0) is 18.1. The van der Waals surface area contributed by atoms with Crippen molar-refractivity contribution >= 4 is 38.6 Å². The largest absolute Gasteiger partial charge is 0.310 e. The molecule has 1 radical (unpaired) electrons. The molecular formula is C26H18N. The lowest BCUT2D eigenvalue weighted by atomic mass is 10.0. The van der Waals surface area contributed by atoms with E-state index in [1.54, 1.807) is 0 Å². The Morgan fingerprint density at radius 3 is 1.81 bits per heavy atom. The fourth-order valence-corrected chi connectivity index (χ4v) is 3.63. The zero-order valence-corrected chi connectivity index (χ0v) is 14.8. The van der Waals surface area contributed by atoms with Gasteiger partial charge in [0.05, 0.1) is 5.69 Å². The molecule has 0 N–H and O–H groups in total. The van der Waals surface area contributed by atoms with Gasteiger partial charge in [-0.1, -0.05) is 72.8 Å². The van der Waals surface area contributed by atoms with Crippen LogP contribution in [0, 0.1) is 6.07 Å². The molecule has 0 bridgehead atoms. The molecule has 1 heteroatoms. The summed E-state index contributed by atoms with van der Waals surface area (Å²) in [4.78, 5) is 2.31. The first kappa shape index (κ1) is 15.7. The van der Waals surface area contributed by atoms with Gasteiger partial charge in [0.25, 0.3) is 0 Å². The molecule has 0 aliphatic carbocycles. The third-order valence-corrected chi connectivity index (χ3v) is 4.88. The minimum atomic E-state index is 1.13. The topological polar surface area (TPSA) is 3.24 Å². The zero-order valence-electron chi connectivity index (χ0n) is 14.8. The summed E-state index contributed by atoms with van der Waals surface area (Å²) >= 11 is 0. The predicted molar refractivity (Wildman–Crippen MR) is 115 cm³/mol. The van der Waals surface area contributed by atoms with Crippen LogP contribution in [0.1, 0.15) is 0 Å². The Morgan fingerprint density at radius 1 is 0.519 bits per heavy atom. The normalized spacial score (nSPS) is 11.0. The average Bonchev–Trinajstić information content (AvgIpc) is 2.74. The SMILES string of the molecule is [c]1c2ccccc2cc2c(N(c3ccccc3)c3ccccc3)cccc12. The van der Waals surface area contributed by atoms with Crippen LogP contribution in [0.2, 0.25) is 0 Å². The molecule has 0 amide bonds. The van der Waals surface area contributed by atoms with Crippen molar-refractivity contribution in [2.75, 3.05) is 4.90 Å². The van der Waals surface area contributed by atoms with Gasteiger partial charge in [-0.15, -0.1) is 0 Å². The molecule has 0 saturated heterocycles. The van der Waals surface area contributed by atoms with Crippen LogP contribution in [0.4, 0.5) is 17.1 Å². The maximum Gasteiger partial charge on any atom is 0.0540 e. The Kier molecular flexibility index (Phi) is 3.84. The molecule has 0 heterocycles. The molecule has 5 aromatic carbocycles. The number of para-hydroxylation sites is 2. The van der Waals surface area contributed by atoms with E-state index in [9.17, 15) is 0 Å². The highest BCUT2D eigenvalue weighted by Gasteiger charge is 2.15. The van der Waals surface area contributed by atoms with Crippen LogP contribution in [-0.4, -0.2) is 0 Å². The number of anilines is 3. The summed E-state index contributed by atoms with van der Waals surface area (Å²) in [5.41, 5.74) is 3.45. The van der Waals surface area contributed by atoms with Crippen molar-refractivity contribution in [2.45, 2.75) is 0 Å². The number of nitrogens with zero attached hydrogens (tertiary/aromatic N) is 1. The van der Waals surface area contributed by atoms with Crippen molar-refractivity contribution in [3.05, 3.63) is 115 Å². The first-order valence-electron chi connectivity index (χ1n) is 9.14. The van der Waals surface area contributed by atoms with Gasteiger partial charge in [0.1, 0.15) is 0 Å². The molecule has 0 fully saturated rings. The van der Waals surface area contributed by atoms with Crippen molar-refractivity contribution in [1.29, 1.82) is 0 Å². The van der Waals surface area contributed by atoms with Gasteiger partial charge < -0.3 is 4.90 Å². The second kappa shape index (κ2) is 6.62. The van der Waals surface area contributed by atoms with Gasteiger partial charge in [-0.05, 0) is 58.6 Å². The highest BCUT2D eigenvalue weighted by atomic mass is 15.1. The summed E-state index contributed by atoms with van der Waals surface area (Å²) in [7, 11) is 0. The highest BCUT2D eigenvalue weighted by molar-refractivity contribution is 6.05. The molecule has 0 spiro atoms. The van der Waals surface area contributed by atoms with Gasteiger partial charge in [0.2, 0.25) is 0 Å². The van der Waals surface area contributed by atoms with E-state index in [-0.39, 0.29) is 0 Å². The lowest BCUT2D eigenvalue weighted by Crippen LogP contribution is -2.10. The second-order valence-corrected chi connectivity index (χ2v) is 6.60. The summed E-state index contributed by atoms with van der Waals surface area (Å²) in [5, 5.41) is 4.68. The van der Waals surface area contributed by atoms with Crippen molar-refractivity contribution in [3.63, 3.8) is 0 Å². The van der Waals surface area contributed by atoms with Gasteiger partial charge in [0.15, 0.2) is 0 Å². The lowest BCUT2D eigenvalue weighted by molar-refractivity contribution is 1.30. The van der Waals surface area contributed by atoms with Crippen molar-refractivity contribution in [2.24, 2.45) is 0 Å². The van der Waals surface area contributed by atoms with Crippen molar-refractivity contribution < 1.29 is 0 Å². The molecular weight excluding hydrogens is 326 g/mol. The molecule has 0 aliphatic rings. The molecule has 1 nitrogen and oxygen atoms in total. The molecule has 27 heavy (non-hydrogen) atoms. The summed E-state index contributed by atoms with van der Waals surface area (Å²) in [5.74, 6) is 0. The van der Waals surface area contributed by atoms with Gasteiger partial charge in [0, 0.05) is 16.8 Å². The molecule has 5 aromatic rings. The van der Waals surface area contributed by atoms with E-state index in [2.05, 4.69) is 120 Å². The average molecular weight is 344 g/mol. The Bertz CT molecular complexity index is 1170. The molecule has 0 unspecified atom stereocenters. The molecule has 127 valence electrons. The van der Waals surface area contributed by atoms with E-state index in [0.29, 0.717) is 0 Å². The van der Waals surface area contributed by atoms with Crippen LogP contribution >= 0.6 is 0 Å². The van der Waals surface area contributed by atoms with Crippen molar-refractivity contribution in [1.82, 2.24) is 0 Å². The fourth-order valence-electron chi connectivity index (χ4n) is 3.63. The van der Waals surface area contributed by atoms with Crippen LogP contribution in [0.5, 0.6) is 0 Å². The number of fused-ring (bicyclic) bond motifs is 2. The summed E-state index contributed by atoms with van der Waals surface area (Å²) in [6, 6.07) is 41.7. The molecule has 0 aliphatic heterocycles. The monoisotopic (exact) mass is 344 g/mol. The van der Waals surface area contributed by atoms with Gasteiger partial charge in [-0.3, -0.25) is 0 Å². The van der Waals surface area contributed by atoms with E-state index in [4.69, 9.17) is 0 Å². The van der Waals surface area contributed by atoms with Crippen LogP contribution in [0.25, 0.3) is 21.5 Å². The highest BCUT2D eigenvalue weighted by Crippen LogP contribution is 2.39. The standard InChI is InChI=1S/C26H18N/c1-3-13-23(14-4-1)27(24-15-5-2-6-16-24)26-17-9-12-22-18-20-10-7-8-11-21(20)19-25(22)26/h1-17,19H. The smallest absolute Gasteiger partial charge is 0.0540 e. The quantitative estimate of drug-likeness (QED) is 0.311. The minimum absolute atomic E-state index is 1.13. The van der Waals surface area contributed by atoms with Gasteiger partial charge >= 0.3 is 0 Å². The van der Waals surface area contributed by atoms with E-state index >= 15 is 0 Å². The second-order valence-electron chi connectivity index (χ2n) is 6.60. The van der Waals surface area contributed by atoms with Crippen LogP contribution in [-0.2, 0) is 0 Å². The van der Waals surface area contributed by atoms with Crippen LogP contribution < -0.4 is 4.90 Å². The Balaban J connectivity index is 1.81. The molecule has 5 rings (SSSR count). The Hall–Kier alpha value is -3.58. The van der Waals surface area contributed by atoms with E-state index in [1.165, 1.54) is 10.8 Å². The Labute approximate surface area is 159 Å². The lowest BCUT2D eigenvalue weighted by Gasteiger charge is -2.26. The summed E-state index contributed by atoms with van der Waals surface area (Å²) in [6.45, 7) is 0. The number of hydrogen-bond acceptors (Lipinski definition) is 1. The third kappa shape index (κ3) is 2.84. The van der Waals surface area contributed by atoms with E-state index in [1.807, 2.05) is 0 Å². The minimum Gasteiger partial charge on any atom is -0.310 e. The number of rotatable bonds is 3. The van der Waals surface area contributed by atoms with Crippen LogP contribution in [0.3, 0.4) is 0 Å². The maximum absolute atomic E-state index is 3.58. The maximum atomic E-state index is 3.58. The van der Waals surface area contributed by atoms with Crippen molar-refractivity contribution in [3.8, 4) is 0 Å². The van der Waals surface area contributed by atoms with E-state index < -0.39 is 0 Å². The number of hydrogen-bond donors (Lipinski definition) is 0. The van der Waals surface area contributed by atoms with Gasteiger partial charge in [-0.2, -0.15) is 0 Å². The van der Waals surface area contributed by atoms with Crippen LogP contribution in [0.15, 0.2) is 109 Å². The van der Waals surface area contributed by atoms with E-state index in [0.717, 1.165) is 27.8 Å². The first-order valence-corrected chi connectivity index (χ1v) is 9.14. The third-order valence-electron chi connectivity index (χ3n) is 4.88. The Morgan fingerprint density at radius 2 is 1.11 bits per heavy atom. The summed E-state index contributed by atoms with van der Waals surface area (Å²) < 4.78 is 0. The summed E-state index contributed by atoms with van der Waals surface area (Å²) in [6.07, 6.45) is 0. The predicted octanol–water partition coefficient (Wildman–Crippen LogP) is 7.26. The molecule has 0 aromatic heterocycles. The molecule has 0 atom stereocenters. The number of benzene rings is 5. The fraction of sp³-hybridized carbons (Fsp3) is 0. The van der Waals surface area contributed by atoms with Gasteiger partial charge in [-0.25, -0.2) is 0 Å². The molecule has 0 saturated carbocycles. The first-order chi connectivity index (χ1) is 13.4.